The SMILES string of the molecule is CC1CCN(S(=O)(=O)N2CCc3nn(C)c(-c4ccccc4)c3CC2)CC1. The molecule has 0 aliphatic carbocycles. The van der Waals surface area contributed by atoms with Crippen LogP contribution in [0, 0.1) is 5.92 Å². The van der Waals surface area contributed by atoms with E-state index in [1.807, 2.05) is 29.9 Å². The molecule has 6 nitrogen and oxygen atoms in total. The molecule has 0 saturated carbocycles. The van der Waals surface area contributed by atoms with Crippen LogP contribution in [0.15, 0.2) is 30.3 Å². The topological polar surface area (TPSA) is 58.4 Å². The Morgan fingerprint density at radius 1 is 0.963 bits per heavy atom. The van der Waals surface area contributed by atoms with Crippen molar-refractivity contribution in [2.45, 2.75) is 32.6 Å². The Labute approximate surface area is 162 Å². The first-order chi connectivity index (χ1) is 13.0. The zero-order valence-corrected chi connectivity index (χ0v) is 17.0. The van der Waals surface area contributed by atoms with Crippen molar-refractivity contribution >= 4 is 10.2 Å². The molecule has 0 unspecified atom stereocenters. The fourth-order valence-electron chi connectivity index (χ4n) is 4.23. The van der Waals surface area contributed by atoms with Gasteiger partial charge in [-0.1, -0.05) is 37.3 Å². The summed E-state index contributed by atoms with van der Waals surface area (Å²) in [6.45, 7) is 4.51. The highest BCUT2D eigenvalue weighted by Gasteiger charge is 2.34. The van der Waals surface area contributed by atoms with Crippen LogP contribution in [-0.4, -0.2) is 53.0 Å². The van der Waals surface area contributed by atoms with E-state index in [1.165, 1.54) is 5.56 Å². The maximum atomic E-state index is 13.1. The largest absolute Gasteiger partial charge is 0.281 e. The van der Waals surface area contributed by atoms with Crippen LogP contribution in [0.3, 0.4) is 0 Å². The molecule has 0 atom stereocenters. The van der Waals surface area contributed by atoms with Crippen molar-refractivity contribution in [1.82, 2.24) is 18.4 Å². The van der Waals surface area contributed by atoms with Gasteiger partial charge in [-0.25, -0.2) is 0 Å². The number of rotatable bonds is 3. The van der Waals surface area contributed by atoms with Gasteiger partial charge in [0.2, 0.25) is 0 Å². The average Bonchev–Trinajstić information content (AvgIpc) is 2.83. The summed E-state index contributed by atoms with van der Waals surface area (Å²) in [6, 6.07) is 10.2. The fraction of sp³-hybridized carbons (Fsp3) is 0.550. The minimum atomic E-state index is -3.38. The molecule has 2 aliphatic heterocycles. The third-order valence-electron chi connectivity index (χ3n) is 5.88. The van der Waals surface area contributed by atoms with E-state index in [2.05, 4.69) is 19.1 Å². The summed E-state index contributed by atoms with van der Waals surface area (Å²) in [5.74, 6) is 0.614. The lowest BCUT2D eigenvalue weighted by Gasteiger charge is -2.33. The van der Waals surface area contributed by atoms with Crippen LogP contribution in [0.4, 0.5) is 0 Å². The molecule has 146 valence electrons. The number of piperidine rings is 1. The number of hydrogen-bond donors (Lipinski definition) is 0. The van der Waals surface area contributed by atoms with E-state index in [1.54, 1.807) is 8.61 Å². The van der Waals surface area contributed by atoms with Crippen molar-refractivity contribution in [2.75, 3.05) is 26.2 Å². The summed E-state index contributed by atoms with van der Waals surface area (Å²) >= 11 is 0. The highest BCUT2D eigenvalue weighted by molar-refractivity contribution is 7.86. The third kappa shape index (κ3) is 3.56. The lowest BCUT2D eigenvalue weighted by atomic mass is 10.0. The number of fused-ring (bicyclic) bond motifs is 1. The van der Waals surface area contributed by atoms with Crippen LogP contribution in [0.1, 0.15) is 31.0 Å². The van der Waals surface area contributed by atoms with Gasteiger partial charge in [0, 0.05) is 50.8 Å². The Kier molecular flexibility index (Phi) is 5.09. The van der Waals surface area contributed by atoms with E-state index in [0.29, 0.717) is 44.9 Å². The maximum Gasteiger partial charge on any atom is 0.281 e. The van der Waals surface area contributed by atoms with Gasteiger partial charge in [0.05, 0.1) is 11.4 Å². The van der Waals surface area contributed by atoms with Crippen LogP contribution in [-0.2, 0) is 30.1 Å². The van der Waals surface area contributed by atoms with Gasteiger partial charge in [0.1, 0.15) is 0 Å². The molecule has 2 aliphatic rings. The van der Waals surface area contributed by atoms with Crippen LogP contribution in [0.2, 0.25) is 0 Å². The molecular formula is C20H28N4O2S. The molecule has 4 rings (SSSR count). The highest BCUT2D eigenvalue weighted by Crippen LogP contribution is 2.30. The van der Waals surface area contributed by atoms with Gasteiger partial charge < -0.3 is 0 Å². The predicted molar refractivity (Wildman–Crippen MR) is 107 cm³/mol. The zero-order chi connectivity index (χ0) is 19.0. The first-order valence-corrected chi connectivity index (χ1v) is 11.2. The van der Waals surface area contributed by atoms with E-state index >= 15 is 0 Å². The van der Waals surface area contributed by atoms with Crippen LogP contribution in [0.5, 0.6) is 0 Å². The third-order valence-corrected chi connectivity index (χ3v) is 7.92. The van der Waals surface area contributed by atoms with Crippen molar-refractivity contribution in [1.29, 1.82) is 0 Å². The second-order valence-corrected chi connectivity index (χ2v) is 9.68. The van der Waals surface area contributed by atoms with Crippen molar-refractivity contribution in [3.8, 4) is 11.3 Å². The van der Waals surface area contributed by atoms with Crippen LogP contribution in [0.25, 0.3) is 11.3 Å². The second kappa shape index (κ2) is 7.37. The molecule has 0 spiro atoms. The van der Waals surface area contributed by atoms with E-state index in [0.717, 1.165) is 29.8 Å². The van der Waals surface area contributed by atoms with Gasteiger partial charge in [-0.15, -0.1) is 0 Å². The fourth-order valence-corrected chi connectivity index (χ4v) is 5.88. The molecule has 7 heteroatoms. The average molecular weight is 389 g/mol. The summed E-state index contributed by atoms with van der Waals surface area (Å²) in [7, 11) is -1.41. The smallest absolute Gasteiger partial charge is 0.267 e. The predicted octanol–water partition coefficient (Wildman–Crippen LogP) is 2.46. The van der Waals surface area contributed by atoms with Gasteiger partial charge in [-0.2, -0.15) is 22.1 Å². The maximum absolute atomic E-state index is 13.1. The minimum Gasteiger partial charge on any atom is -0.267 e. The number of aromatic nitrogens is 2. The number of nitrogens with zero attached hydrogens (tertiary/aromatic N) is 4. The Morgan fingerprint density at radius 2 is 1.59 bits per heavy atom. The van der Waals surface area contributed by atoms with E-state index in [9.17, 15) is 8.42 Å². The molecule has 27 heavy (non-hydrogen) atoms. The van der Waals surface area contributed by atoms with Gasteiger partial charge in [-0.3, -0.25) is 4.68 Å². The van der Waals surface area contributed by atoms with Crippen LogP contribution < -0.4 is 0 Å². The van der Waals surface area contributed by atoms with Gasteiger partial charge in [0.25, 0.3) is 10.2 Å². The zero-order valence-electron chi connectivity index (χ0n) is 16.1. The van der Waals surface area contributed by atoms with Crippen molar-refractivity contribution in [3.05, 3.63) is 41.6 Å². The Hall–Kier alpha value is -1.70. The summed E-state index contributed by atoms with van der Waals surface area (Å²) in [4.78, 5) is 0. The van der Waals surface area contributed by atoms with Crippen molar-refractivity contribution in [2.24, 2.45) is 13.0 Å². The summed E-state index contributed by atoms with van der Waals surface area (Å²) in [5, 5.41) is 4.71. The monoisotopic (exact) mass is 388 g/mol. The molecule has 0 radical (unpaired) electrons. The lowest BCUT2D eigenvalue weighted by Crippen LogP contribution is -2.47. The molecule has 0 bridgehead atoms. The molecule has 0 amide bonds. The van der Waals surface area contributed by atoms with E-state index in [4.69, 9.17) is 5.10 Å². The lowest BCUT2D eigenvalue weighted by molar-refractivity contribution is 0.265. The van der Waals surface area contributed by atoms with Crippen LogP contribution >= 0.6 is 0 Å². The Morgan fingerprint density at radius 3 is 2.30 bits per heavy atom. The van der Waals surface area contributed by atoms with Crippen molar-refractivity contribution < 1.29 is 8.42 Å². The highest BCUT2D eigenvalue weighted by atomic mass is 32.2. The second-order valence-electron chi connectivity index (χ2n) is 7.75. The van der Waals surface area contributed by atoms with E-state index in [-0.39, 0.29) is 0 Å². The first kappa shape index (κ1) is 18.7. The van der Waals surface area contributed by atoms with Crippen molar-refractivity contribution in [3.63, 3.8) is 0 Å². The number of aryl methyl sites for hydroxylation is 1. The Bertz CT molecular complexity index is 900. The molecule has 1 saturated heterocycles. The normalized spacial score (nSPS) is 20.4. The molecule has 1 aromatic carbocycles. The summed E-state index contributed by atoms with van der Waals surface area (Å²) in [5.41, 5.74) is 4.46. The molecule has 1 fully saturated rings. The molecule has 2 aromatic rings. The van der Waals surface area contributed by atoms with Gasteiger partial charge in [0.15, 0.2) is 0 Å². The molecule has 1 aromatic heterocycles. The molecule has 0 N–H and O–H groups in total. The molecule has 3 heterocycles. The number of benzene rings is 1. The van der Waals surface area contributed by atoms with Gasteiger partial charge >= 0.3 is 0 Å². The first-order valence-electron chi connectivity index (χ1n) is 9.82. The van der Waals surface area contributed by atoms with Gasteiger partial charge in [-0.05, 0) is 25.2 Å². The minimum absolute atomic E-state index is 0.507. The standard InChI is InChI=1S/C20H28N4O2S/c1-16-8-12-23(13-9-16)27(25,26)24-14-10-18-19(11-15-24)21-22(2)20(18)17-6-4-3-5-7-17/h3-7,16H,8-15H2,1-2H3. The van der Waals surface area contributed by atoms with E-state index < -0.39 is 10.2 Å². The summed E-state index contributed by atoms with van der Waals surface area (Å²) < 4.78 is 31.5. The Balaban J connectivity index is 1.57. The quantitative estimate of drug-likeness (QED) is 0.812. The number of hydrogen-bond acceptors (Lipinski definition) is 3. The summed E-state index contributed by atoms with van der Waals surface area (Å²) in [6.07, 6.45) is 3.28. The molecular weight excluding hydrogens is 360 g/mol.